The van der Waals surface area contributed by atoms with E-state index in [0.717, 1.165) is 0 Å². The normalized spacial score (nSPS) is 16.1. The van der Waals surface area contributed by atoms with Crippen molar-refractivity contribution in [1.29, 1.82) is 0 Å². The number of aromatic carboxylic acids is 1. The van der Waals surface area contributed by atoms with E-state index in [0.29, 0.717) is 23.6 Å². The molecule has 0 unspecified atom stereocenters. The van der Waals surface area contributed by atoms with Gasteiger partial charge in [-0.1, -0.05) is 12.1 Å². The third-order valence-electron chi connectivity index (χ3n) is 3.81. The van der Waals surface area contributed by atoms with Gasteiger partial charge in [-0.2, -0.15) is 0 Å². The maximum atomic E-state index is 12.4. The number of rotatable bonds is 4. The zero-order chi connectivity index (χ0) is 18.8. The molecule has 2 aromatic rings. The van der Waals surface area contributed by atoms with Gasteiger partial charge in [0.15, 0.2) is 5.11 Å². The van der Waals surface area contributed by atoms with Crippen molar-refractivity contribution >= 4 is 41.2 Å². The Kier molecular flexibility index (Phi) is 4.68. The Morgan fingerprint density at radius 2 is 2.08 bits per heavy atom. The summed E-state index contributed by atoms with van der Waals surface area (Å²) >= 11 is 4.97. The number of carboxylic acid groups (broad SMARTS) is 1. The zero-order valence-corrected chi connectivity index (χ0v) is 14.5. The predicted octanol–water partition coefficient (Wildman–Crippen LogP) is 2.29. The fourth-order valence-electron chi connectivity index (χ4n) is 2.51. The molecule has 1 fully saturated rings. The smallest absolute Gasteiger partial charge is 0.335 e. The highest BCUT2D eigenvalue weighted by Crippen LogP contribution is 2.25. The third-order valence-corrected chi connectivity index (χ3v) is 4.13. The summed E-state index contributed by atoms with van der Waals surface area (Å²) in [6, 6.07) is 9.51. The van der Waals surface area contributed by atoms with Crippen LogP contribution in [0, 0.1) is 0 Å². The van der Waals surface area contributed by atoms with E-state index in [-0.39, 0.29) is 16.2 Å². The third kappa shape index (κ3) is 3.27. The van der Waals surface area contributed by atoms with Crippen LogP contribution in [0.25, 0.3) is 17.4 Å². The average molecular weight is 370 g/mol. The van der Waals surface area contributed by atoms with E-state index in [1.165, 1.54) is 23.1 Å². The molecule has 1 aromatic carbocycles. The monoisotopic (exact) mass is 370 g/mol. The number of likely N-dealkylation sites (N-methyl/N-ethyl adjacent to an activating group) is 1. The minimum atomic E-state index is -1.04. The van der Waals surface area contributed by atoms with Crippen LogP contribution in [0.2, 0.25) is 0 Å². The number of thiocarbonyl (C=S) groups is 1. The molecule has 0 atom stereocenters. The van der Waals surface area contributed by atoms with E-state index in [4.69, 9.17) is 21.7 Å². The first-order valence-corrected chi connectivity index (χ1v) is 8.14. The summed E-state index contributed by atoms with van der Waals surface area (Å²) in [7, 11) is 0. The summed E-state index contributed by atoms with van der Waals surface area (Å²) in [4.78, 5) is 36.8. The molecule has 1 aromatic heterocycles. The van der Waals surface area contributed by atoms with E-state index >= 15 is 0 Å². The number of carbonyl (C=O) groups is 3. The Morgan fingerprint density at radius 3 is 2.77 bits per heavy atom. The summed E-state index contributed by atoms with van der Waals surface area (Å²) in [6.45, 7) is 2.08. The van der Waals surface area contributed by atoms with Crippen LogP contribution in [0.15, 0.2) is 46.4 Å². The number of furan rings is 1. The van der Waals surface area contributed by atoms with Crippen LogP contribution in [0.5, 0.6) is 0 Å². The molecule has 2 N–H and O–H groups in total. The second-order valence-corrected chi connectivity index (χ2v) is 5.84. The highest BCUT2D eigenvalue weighted by molar-refractivity contribution is 7.80. The number of carbonyl (C=O) groups excluding carboxylic acids is 2. The van der Waals surface area contributed by atoms with Crippen LogP contribution in [0.4, 0.5) is 0 Å². The number of hydrogen-bond acceptors (Lipinski definition) is 5. The quantitative estimate of drug-likeness (QED) is 0.487. The minimum Gasteiger partial charge on any atom is -0.478 e. The second kappa shape index (κ2) is 6.93. The van der Waals surface area contributed by atoms with Crippen LogP contribution >= 0.6 is 12.2 Å². The maximum Gasteiger partial charge on any atom is 0.335 e. The van der Waals surface area contributed by atoms with Crippen molar-refractivity contribution in [3.63, 3.8) is 0 Å². The number of carboxylic acids is 1. The Bertz CT molecular complexity index is 960. The Hall–Kier alpha value is -3.26. The van der Waals surface area contributed by atoms with Crippen molar-refractivity contribution in [1.82, 2.24) is 10.2 Å². The lowest BCUT2D eigenvalue weighted by Crippen LogP contribution is -2.53. The topological polar surface area (TPSA) is 99.8 Å². The summed E-state index contributed by atoms with van der Waals surface area (Å²) in [6.07, 6.45) is 1.34. The molecule has 0 saturated carbocycles. The van der Waals surface area contributed by atoms with Crippen LogP contribution in [0.3, 0.4) is 0 Å². The first kappa shape index (κ1) is 17.6. The lowest BCUT2D eigenvalue weighted by Gasteiger charge is -2.27. The van der Waals surface area contributed by atoms with Crippen molar-refractivity contribution in [3.05, 3.63) is 53.3 Å². The fourth-order valence-corrected chi connectivity index (χ4v) is 2.82. The molecule has 8 heteroatoms. The van der Waals surface area contributed by atoms with Gasteiger partial charge in [-0.15, -0.1) is 0 Å². The van der Waals surface area contributed by atoms with Gasteiger partial charge in [-0.3, -0.25) is 19.8 Å². The van der Waals surface area contributed by atoms with Gasteiger partial charge in [0.2, 0.25) is 0 Å². The summed E-state index contributed by atoms with van der Waals surface area (Å²) in [5.41, 5.74) is 0.624. The molecule has 0 radical (unpaired) electrons. The largest absolute Gasteiger partial charge is 0.478 e. The van der Waals surface area contributed by atoms with Crippen LogP contribution in [0.1, 0.15) is 23.0 Å². The molecular weight excluding hydrogens is 356 g/mol. The zero-order valence-electron chi connectivity index (χ0n) is 13.7. The van der Waals surface area contributed by atoms with E-state index < -0.39 is 17.8 Å². The predicted molar refractivity (Wildman–Crippen MR) is 97.2 cm³/mol. The van der Waals surface area contributed by atoms with E-state index in [2.05, 4.69) is 5.32 Å². The van der Waals surface area contributed by atoms with Crippen molar-refractivity contribution in [2.45, 2.75) is 6.92 Å². The van der Waals surface area contributed by atoms with Gasteiger partial charge in [-0.05, 0) is 49.5 Å². The highest BCUT2D eigenvalue weighted by atomic mass is 32.1. The van der Waals surface area contributed by atoms with E-state index in [9.17, 15) is 14.4 Å². The van der Waals surface area contributed by atoms with Crippen molar-refractivity contribution < 1.29 is 23.9 Å². The fraction of sp³-hybridized carbons (Fsp3) is 0.111. The molecule has 2 heterocycles. The lowest BCUT2D eigenvalue weighted by molar-refractivity contribution is -0.128. The molecule has 0 spiro atoms. The molecule has 1 saturated heterocycles. The van der Waals surface area contributed by atoms with Crippen LogP contribution in [-0.2, 0) is 9.59 Å². The molecule has 2 amide bonds. The number of benzene rings is 1. The average Bonchev–Trinajstić information content (AvgIpc) is 3.07. The summed E-state index contributed by atoms with van der Waals surface area (Å²) < 4.78 is 5.65. The van der Waals surface area contributed by atoms with Crippen molar-refractivity contribution in [3.8, 4) is 11.3 Å². The maximum absolute atomic E-state index is 12.4. The second-order valence-electron chi connectivity index (χ2n) is 5.45. The van der Waals surface area contributed by atoms with Gasteiger partial charge in [0, 0.05) is 12.1 Å². The molecule has 7 nitrogen and oxygen atoms in total. The van der Waals surface area contributed by atoms with Gasteiger partial charge in [0.1, 0.15) is 17.1 Å². The van der Waals surface area contributed by atoms with Crippen LogP contribution < -0.4 is 5.32 Å². The van der Waals surface area contributed by atoms with Gasteiger partial charge < -0.3 is 9.52 Å². The Balaban J connectivity index is 1.92. The highest BCUT2D eigenvalue weighted by Gasteiger charge is 2.32. The van der Waals surface area contributed by atoms with E-state index in [1.54, 1.807) is 31.2 Å². The van der Waals surface area contributed by atoms with E-state index in [1.807, 2.05) is 0 Å². The SMILES string of the molecule is CCN1C(=O)/C(=C\c2ccc(-c3cccc(C(=O)O)c3)o2)C(=O)NC1=S. The van der Waals surface area contributed by atoms with Gasteiger partial charge in [0.25, 0.3) is 11.8 Å². The molecular formula is C18H14N2O5S. The molecule has 132 valence electrons. The minimum absolute atomic E-state index is 0.0743. The van der Waals surface area contributed by atoms with Crippen molar-refractivity contribution in [2.24, 2.45) is 0 Å². The number of amides is 2. The van der Waals surface area contributed by atoms with Gasteiger partial charge >= 0.3 is 5.97 Å². The molecule has 3 rings (SSSR count). The first-order valence-electron chi connectivity index (χ1n) is 7.73. The Labute approximate surface area is 153 Å². The number of nitrogens with zero attached hydrogens (tertiary/aromatic N) is 1. The van der Waals surface area contributed by atoms with Gasteiger partial charge in [-0.25, -0.2) is 4.79 Å². The number of hydrogen-bond donors (Lipinski definition) is 2. The summed E-state index contributed by atoms with van der Waals surface area (Å²) in [5, 5.41) is 11.6. The number of nitrogens with one attached hydrogen (secondary N) is 1. The van der Waals surface area contributed by atoms with Gasteiger partial charge in [0.05, 0.1) is 5.56 Å². The molecule has 1 aliphatic rings. The molecule has 0 aliphatic carbocycles. The summed E-state index contributed by atoms with van der Waals surface area (Å²) in [5.74, 6) is -1.40. The molecule has 0 bridgehead atoms. The first-order chi connectivity index (χ1) is 12.4. The Morgan fingerprint density at radius 1 is 1.31 bits per heavy atom. The standard InChI is InChI=1S/C18H14N2O5S/c1-2-20-16(22)13(15(21)19-18(20)26)9-12-6-7-14(25-12)10-4-3-5-11(8-10)17(23)24/h3-9H,2H2,1H3,(H,23,24)(H,19,21,26)/b13-9-. The van der Waals surface area contributed by atoms with Crippen molar-refractivity contribution in [2.75, 3.05) is 6.54 Å². The van der Waals surface area contributed by atoms with Crippen LogP contribution in [-0.4, -0.2) is 39.4 Å². The molecule has 26 heavy (non-hydrogen) atoms. The lowest BCUT2D eigenvalue weighted by atomic mass is 10.1. The molecule has 1 aliphatic heterocycles.